The zero-order valence-electron chi connectivity index (χ0n) is 14.8. The van der Waals surface area contributed by atoms with Crippen LogP contribution in [0.25, 0.3) is 10.4 Å². The summed E-state index contributed by atoms with van der Waals surface area (Å²) in [5.74, 6) is 1.22. The number of thiazole rings is 1. The van der Waals surface area contributed by atoms with Crippen molar-refractivity contribution >= 4 is 11.3 Å². The van der Waals surface area contributed by atoms with Gasteiger partial charge in [0, 0.05) is 18.3 Å². The third-order valence-corrected chi connectivity index (χ3v) is 5.01. The van der Waals surface area contributed by atoms with Crippen LogP contribution >= 0.6 is 11.3 Å². The molecule has 3 rings (SSSR count). The maximum atomic E-state index is 13.2. The minimum Gasteiger partial charge on any atom is -0.493 e. The van der Waals surface area contributed by atoms with E-state index in [4.69, 9.17) is 9.47 Å². The second-order valence-corrected chi connectivity index (χ2v) is 6.83. The van der Waals surface area contributed by atoms with E-state index in [-0.39, 0.29) is 5.82 Å². The molecule has 0 saturated heterocycles. The van der Waals surface area contributed by atoms with E-state index in [2.05, 4.69) is 10.3 Å². The van der Waals surface area contributed by atoms with Crippen LogP contribution in [0.15, 0.2) is 48.7 Å². The Hall–Kier alpha value is -2.44. The van der Waals surface area contributed by atoms with Crippen molar-refractivity contribution in [2.24, 2.45) is 0 Å². The van der Waals surface area contributed by atoms with Gasteiger partial charge in [-0.2, -0.15) is 0 Å². The van der Waals surface area contributed by atoms with Gasteiger partial charge in [0.2, 0.25) is 0 Å². The van der Waals surface area contributed by atoms with Crippen LogP contribution in [0.1, 0.15) is 10.6 Å². The average Bonchev–Trinajstić information content (AvgIpc) is 3.13. The highest BCUT2D eigenvalue weighted by Crippen LogP contribution is 2.39. The summed E-state index contributed by atoms with van der Waals surface area (Å²) in [4.78, 5) is 5.51. The van der Waals surface area contributed by atoms with E-state index < -0.39 is 0 Å². The number of aromatic nitrogens is 1. The summed E-state index contributed by atoms with van der Waals surface area (Å²) in [5.41, 5.74) is 1.95. The molecule has 3 aromatic rings. The number of nitrogens with zero attached hydrogens (tertiary/aromatic N) is 1. The third kappa shape index (κ3) is 4.39. The van der Waals surface area contributed by atoms with Crippen LogP contribution in [0.4, 0.5) is 4.39 Å². The van der Waals surface area contributed by atoms with E-state index in [1.165, 1.54) is 6.07 Å². The molecule has 6 heteroatoms. The summed E-state index contributed by atoms with van der Waals surface area (Å²) < 4.78 is 24.0. The van der Waals surface area contributed by atoms with Crippen LogP contribution in [-0.2, 0) is 13.0 Å². The van der Waals surface area contributed by atoms with E-state index in [0.29, 0.717) is 18.0 Å². The van der Waals surface area contributed by atoms with Gasteiger partial charge in [0.05, 0.1) is 19.1 Å². The quantitative estimate of drug-likeness (QED) is 0.599. The molecule has 0 amide bonds. The molecule has 26 heavy (non-hydrogen) atoms. The Morgan fingerprint density at radius 1 is 1.12 bits per heavy atom. The molecule has 0 fully saturated rings. The second kappa shape index (κ2) is 8.78. The molecule has 0 aliphatic carbocycles. The minimum atomic E-state index is -0.195. The highest BCUT2D eigenvalue weighted by Gasteiger charge is 2.13. The molecule has 1 aromatic heterocycles. The van der Waals surface area contributed by atoms with Crippen LogP contribution in [0.2, 0.25) is 0 Å². The van der Waals surface area contributed by atoms with Crippen molar-refractivity contribution in [3.63, 3.8) is 0 Å². The first kappa shape index (κ1) is 18.4. The van der Waals surface area contributed by atoms with Gasteiger partial charge < -0.3 is 14.8 Å². The number of nitrogens with one attached hydrogen (secondary N) is 1. The Kier molecular flexibility index (Phi) is 6.20. The van der Waals surface area contributed by atoms with Crippen LogP contribution in [0.5, 0.6) is 11.5 Å². The minimum absolute atomic E-state index is 0.195. The molecular weight excluding hydrogens is 351 g/mol. The fourth-order valence-electron chi connectivity index (χ4n) is 2.72. The molecule has 0 bridgehead atoms. The van der Waals surface area contributed by atoms with E-state index in [1.54, 1.807) is 37.7 Å². The molecule has 0 radical (unpaired) electrons. The van der Waals surface area contributed by atoms with E-state index in [0.717, 1.165) is 34.0 Å². The lowest BCUT2D eigenvalue weighted by molar-refractivity contribution is 0.356. The predicted molar refractivity (Wildman–Crippen MR) is 102 cm³/mol. The van der Waals surface area contributed by atoms with Gasteiger partial charge in [0.15, 0.2) is 11.5 Å². The predicted octanol–water partition coefficient (Wildman–Crippen LogP) is 4.30. The van der Waals surface area contributed by atoms with Crippen LogP contribution < -0.4 is 14.8 Å². The summed E-state index contributed by atoms with van der Waals surface area (Å²) >= 11 is 1.61. The molecule has 136 valence electrons. The van der Waals surface area contributed by atoms with Crippen LogP contribution in [0.3, 0.4) is 0 Å². The van der Waals surface area contributed by atoms with Gasteiger partial charge >= 0.3 is 0 Å². The third-order valence-electron chi connectivity index (χ3n) is 3.98. The molecule has 0 atom stereocenters. The Morgan fingerprint density at radius 3 is 2.73 bits per heavy atom. The number of rotatable bonds is 8. The summed E-state index contributed by atoms with van der Waals surface area (Å²) in [5, 5.41) is 4.35. The lowest BCUT2D eigenvalue weighted by atomic mass is 10.1. The Bertz CT molecular complexity index is 867. The fraction of sp³-hybridized carbons (Fsp3) is 0.250. The number of hydrogen-bond acceptors (Lipinski definition) is 5. The first-order chi connectivity index (χ1) is 12.7. The first-order valence-electron chi connectivity index (χ1n) is 8.32. The van der Waals surface area contributed by atoms with E-state index >= 15 is 0 Å². The van der Waals surface area contributed by atoms with Gasteiger partial charge in [0.25, 0.3) is 0 Å². The molecule has 0 saturated carbocycles. The molecule has 4 nitrogen and oxygen atoms in total. The molecule has 2 aromatic carbocycles. The maximum Gasteiger partial charge on any atom is 0.169 e. The lowest BCUT2D eigenvalue weighted by Gasteiger charge is -2.10. The summed E-state index contributed by atoms with van der Waals surface area (Å²) in [6, 6.07) is 12.5. The van der Waals surface area contributed by atoms with Gasteiger partial charge in [-0.1, -0.05) is 18.2 Å². The number of halogens is 1. The van der Waals surface area contributed by atoms with Crippen molar-refractivity contribution in [2.75, 3.05) is 20.8 Å². The van der Waals surface area contributed by atoms with Crippen molar-refractivity contribution in [2.45, 2.75) is 13.0 Å². The number of para-hydroxylation sites is 1. The normalized spacial score (nSPS) is 10.7. The van der Waals surface area contributed by atoms with Gasteiger partial charge in [-0.15, -0.1) is 11.3 Å². The summed E-state index contributed by atoms with van der Waals surface area (Å²) in [6.45, 7) is 1.44. The summed E-state index contributed by atoms with van der Waals surface area (Å²) in [6.07, 6.45) is 2.63. The average molecular weight is 372 g/mol. The van der Waals surface area contributed by atoms with Crippen LogP contribution in [-0.4, -0.2) is 25.7 Å². The summed E-state index contributed by atoms with van der Waals surface area (Å²) in [7, 11) is 3.26. The molecule has 1 heterocycles. The Balaban J connectivity index is 1.60. The molecule has 0 aliphatic rings. The number of methoxy groups -OCH3 is 2. The largest absolute Gasteiger partial charge is 0.493 e. The van der Waals surface area contributed by atoms with Crippen molar-refractivity contribution in [3.8, 4) is 21.9 Å². The number of hydrogen-bond donors (Lipinski definition) is 1. The van der Waals surface area contributed by atoms with E-state index in [9.17, 15) is 4.39 Å². The highest BCUT2D eigenvalue weighted by atomic mass is 32.1. The van der Waals surface area contributed by atoms with Gasteiger partial charge in [-0.05, 0) is 42.8 Å². The van der Waals surface area contributed by atoms with E-state index in [1.807, 2.05) is 30.5 Å². The number of benzene rings is 2. The van der Waals surface area contributed by atoms with Crippen molar-refractivity contribution in [1.29, 1.82) is 0 Å². The fourth-order valence-corrected chi connectivity index (χ4v) is 3.63. The van der Waals surface area contributed by atoms with Crippen molar-refractivity contribution in [3.05, 3.63) is 65.0 Å². The Morgan fingerprint density at radius 2 is 1.96 bits per heavy atom. The SMILES string of the molecule is COc1cccc(-c2cnc(CNCCc3cccc(F)c3)s2)c1OC. The molecule has 1 N–H and O–H groups in total. The Labute approximate surface area is 156 Å². The van der Waals surface area contributed by atoms with Crippen molar-refractivity contribution in [1.82, 2.24) is 10.3 Å². The molecule has 0 unspecified atom stereocenters. The van der Waals surface area contributed by atoms with Gasteiger partial charge in [-0.3, -0.25) is 0 Å². The number of ether oxygens (including phenoxy) is 2. The highest BCUT2D eigenvalue weighted by molar-refractivity contribution is 7.15. The monoisotopic (exact) mass is 372 g/mol. The second-order valence-electron chi connectivity index (χ2n) is 5.72. The smallest absolute Gasteiger partial charge is 0.169 e. The standard InChI is InChI=1S/C20H21FN2O2S/c1-24-17-8-4-7-16(20(17)25-2)18-12-23-19(26-18)13-22-10-9-14-5-3-6-15(21)11-14/h3-8,11-12,22H,9-10,13H2,1-2H3. The lowest BCUT2D eigenvalue weighted by Crippen LogP contribution is -2.16. The first-order valence-corrected chi connectivity index (χ1v) is 9.14. The maximum absolute atomic E-state index is 13.2. The van der Waals surface area contributed by atoms with Gasteiger partial charge in [-0.25, -0.2) is 9.37 Å². The van der Waals surface area contributed by atoms with Crippen LogP contribution in [0, 0.1) is 5.82 Å². The molecular formula is C20H21FN2O2S. The zero-order valence-corrected chi connectivity index (χ0v) is 15.6. The topological polar surface area (TPSA) is 43.4 Å². The molecule has 0 aliphatic heterocycles. The zero-order chi connectivity index (χ0) is 18.4. The van der Waals surface area contributed by atoms with Gasteiger partial charge in [0.1, 0.15) is 10.8 Å². The van der Waals surface area contributed by atoms with Crippen molar-refractivity contribution < 1.29 is 13.9 Å². The molecule has 0 spiro atoms.